The fourth-order valence-corrected chi connectivity index (χ4v) is 8.05. The highest BCUT2D eigenvalue weighted by molar-refractivity contribution is 7.94. The standard InChI is InChI=1S/C29H23P/c1-4-14-27(15-5-1)30(28-16-6-2-7-17-28,29-18-8-3-9-19-29)23-24-20-21-25-12-10-11-13-26(25)22-24/h1-23H. The van der Waals surface area contributed by atoms with E-state index >= 15 is 0 Å². The summed E-state index contributed by atoms with van der Waals surface area (Å²) in [4.78, 5) is 0. The fraction of sp³-hybridized carbons (Fsp3) is 0. The van der Waals surface area contributed by atoms with E-state index in [0.717, 1.165) is 0 Å². The molecule has 0 atom stereocenters. The van der Waals surface area contributed by atoms with Crippen LogP contribution in [0.1, 0.15) is 5.56 Å². The second-order valence-corrected chi connectivity index (χ2v) is 10.7. The third kappa shape index (κ3) is 3.41. The lowest BCUT2D eigenvalue weighted by molar-refractivity contribution is 1.72. The Balaban J connectivity index is 1.88. The third-order valence-corrected chi connectivity index (χ3v) is 9.63. The summed E-state index contributed by atoms with van der Waals surface area (Å²) in [5.41, 5.74) is 1.26. The van der Waals surface area contributed by atoms with E-state index in [1.54, 1.807) is 0 Å². The van der Waals surface area contributed by atoms with Crippen molar-refractivity contribution in [1.82, 2.24) is 0 Å². The van der Waals surface area contributed by atoms with Gasteiger partial charge in [-0.3, -0.25) is 0 Å². The molecule has 0 N–H and O–H groups in total. The van der Waals surface area contributed by atoms with Crippen LogP contribution in [0, 0.1) is 0 Å². The molecule has 0 radical (unpaired) electrons. The summed E-state index contributed by atoms with van der Waals surface area (Å²) < 4.78 is 0. The minimum atomic E-state index is -1.98. The molecule has 0 aromatic heterocycles. The zero-order valence-electron chi connectivity index (χ0n) is 16.7. The van der Waals surface area contributed by atoms with Gasteiger partial charge in [-0.15, -0.1) is 0 Å². The molecule has 0 nitrogen and oxygen atoms in total. The number of rotatable bonds is 4. The van der Waals surface area contributed by atoms with E-state index in [2.05, 4.69) is 139 Å². The lowest BCUT2D eigenvalue weighted by Crippen LogP contribution is -2.27. The fourth-order valence-electron chi connectivity index (χ4n) is 4.17. The van der Waals surface area contributed by atoms with Crippen molar-refractivity contribution in [1.29, 1.82) is 0 Å². The first kappa shape index (κ1) is 18.7. The van der Waals surface area contributed by atoms with Gasteiger partial charge in [0.1, 0.15) is 0 Å². The highest BCUT2D eigenvalue weighted by Crippen LogP contribution is 2.44. The van der Waals surface area contributed by atoms with Crippen molar-refractivity contribution in [3.05, 3.63) is 139 Å². The molecule has 5 aromatic carbocycles. The monoisotopic (exact) mass is 402 g/mol. The second-order valence-electron chi connectivity index (χ2n) is 7.47. The van der Waals surface area contributed by atoms with E-state index in [0.29, 0.717) is 0 Å². The summed E-state index contributed by atoms with van der Waals surface area (Å²) >= 11 is 0. The number of hydrogen-bond acceptors (Lipinski definition) is 0. The Hall–Kier alpha value is -3.34. The van der Waals surface area contributed by atoms with Gasteiger partial charge >= 0.3 is 0 Å². The van der Waals surface area contributed by atoms with Gasteiger partial charge in [0.25, 0.3) is 0 Å². The average Bonchev–Trinajstić information content (AvgIpc) is 2.84. The first-order valence-electron chi connectivity index (χ1n) is 10.3. The average molecular weight is 402 g/mol. The van der Waals surface area contributed by atoms with E-state index < -0.39 is 6.89 Å². The Labute approximate surface area is 178 Å². The van der Waals surface area contributed by atoms with Crippen LogP contribution in [0.25, 0.3) is 10.8 Å². The van der Waals surface area contributed by atoms with Crippen LogP contribution in [-0.2, 0) is 0 Å². The molecule has 0 aliphatic carbocycles. The zero-order valence-corrected chi connectivity index (χ0v) is 17.6. The molecule has 0 heterocycles. The smallest absolute Gasteiger partial charge is 0.0160 e. The van der Waals surface area contributed by atoms with Gasteiger partial charge in [0, 0.05) is 0 Å². The van der Waals surface area contributed by atoms with Crippen molar-refractivity contribution in [3.8, 4) is 0 Å². The van der Waals surface area contributed by atoms with Crippen molar-refractivity contribution in [2.75, 3.05) is 0 Å². The van der Waals surface area contributed by atoms with Gasteiger partial charge in [-0.25, -0.2) is 0 Å². The topological polar surface area (TPSA) is 0 Å². The van der Waals surface area contributed by atoms with Gasteiger partial charge in [-0.05, 0) is 51.0 Å². The molecule has 1 heteroatoms. The molecule has 0 aliphatic rings. The maximum absolute atomic E-state index is 2.53. The summed E-state index contributed by atoms with van der Waals surface area (Å²) in [6, 6.07) is 48.3. The van der Waals surface area contributed by atoms with E-state index in [1.165, 1.54) is 32.2 Å². The number of hydrogen-bond donors (Lipinski definition) is 0. The highest BCUT2D eigenvalue weighted by atomic mass is 31.2. The summed E-state index contributed by atoms with van der Waals surface area (Å²) in [5.74, 6) is 2.53. The van der Waals surface area contributed by atoms with Crippen molar-refractivity contribution in [3.63, 3.8) is 0 Å². The summed E-state index contributed by atoms with van der Waals surface area (Å²) in [7, 11) is 0. The quantitative estimate of drug-likeness (QED) is 0.324. The number of benzene rings is 5. The van der Waals surface area contributed by atoms with Crippen LogP contribution in [0.15, 0.2) is 133 Å². The van der Waals surface area contributed by atoms with E-state index in [4.69, 9.17) is 0 Å². The minimum Gasteiger partial charge on any atom is -0.0622 e. The SMILES string of the molecule is C(c1ccc2ccccc2c1)=P(c1ccccc1)(c1ccccc1)c1ccccc1. The first-order chi connectivity index (χ1) is 14.9. The Kier molecular flexibility index (Phi) is 5.10. The Morgan fingerprint density at radius 3 is 1.33 bits per heavy atom. The van der Waals surface area contributed by atoms with Crippen LogP contribution in [-0.4, -0.2) is 5.80 Å². The molecule has 0 saturated heterocycles. The summed E-state index contributed by atoms with van der Waals surface area (Å²) in [5, 5.41) is 6.66. The van der Waals surface area contributed by atoms with E-state index in [1.807, 2.05) is 0 Å². The van der Waals surface area contributed by atoms with Crippen LogP contribution in [0.3, 0.4) is 0 Å². The molecule has 0 saturated carbocycles. The van der Waals surface area contributed by atoms with Gasteiger partial charge in [-0.2, -0.15) is 0 Å². The van der Waals surface area contributed by atoms with Gasteiger partial charge in [0.05, 0.1) is 0 Å². The van der Waals surface area contributed by atoms with Crippen molar-refractivity contribution in [2.24, 2.45) is 0 Å². The Bertz CT molecular complexity index is 1220. The summed E-state index contributed by atoms with van der Waals surface area (Å²) in [6.45, 7) is -1.98. The largest absolute Gasteiger partial charge is 0.0622 e. The lowest BCUT2D eigenvalue weighted by Gasteiger charge is -2.29. The van der Waals surface area contributed by atoms with Gasteiger partial charge < -0.3 is 0 Å². The predicted octanol–water partition coefficient (Wildman–Crippen LogP) is 5.98. The first-order valence-corrected chi connectivity index (χ1v) is 12.1. The van der Waals surface area contributed by atoms with E-state index in [-0.39, 0.29) is 0 Å². The lowest BCUT2D eigenvalue weighted by atomic mass is 10.1. The number of fused-ring (bicyclic) bond motifs is 1. The molecule has 0 unspecified atom stereocenters. The van der Waals surface area contributed by atoms with E-state index in [9.17, 15) is 0 Å². The maximum atomic E-state index is 2.53. The molecule has 144 valence electrons. The third-order valence-electron chi connectivity index (χ3n) is 5.61. The molecule has 0 bridgehead atoms. The van der Waals surface area contributed by atoms with Crippen molar-refractivity contribution < 1.29 is 0 Å². The molecule has 0 fully saturated rings. The maximum Gasteiger partial charge on any atom is -0.0160 e. The normalized spacial score (nSPS) is 11.3. The second kappa shape index (κ2) is 8.19. The molecule has 0 spiro atoms. The Morgan fingerprint density at radius 2 is 0.833 bits per heavy atom. The van der Waals surface area contributed by atoms with Crippen molar-refractivity contribution in [2.45, 2.75) is 0 Å². The predicted molar refractivity (Wildman–Crippen MR) is 134 cm³/mol. The van der Waals surface area contributed by atoms with Crippen LogP contribution < -0.4 is 15.9 Å². The molecule has 5 aromatic rings. The van der Waals surface area contributed by atoms with Gasteiger partial charge in [-0.1, -0.05) is 127 Å². The van der Waals surface area contributed by atoms with Crippen LogP contribution in [0.4, 0.5) is 0 Å². The Morgan fingerprint density at radius 1 is 0.400 bits per heavy atom. The van der Waals surface area contributed by atoms with Gasteiger partial charge in [0.2, 0.25) is 0 Å². The highest BCUT2D eigenvalue weighted by Gasteiger charge is 2.24. The van der Waals surface area contributed by atoms with Crippen LogP contribution >= 0.6 is 6.89 Å². The van der Waals surface area contributed by atoms with Gasteiger partial charge in [0.15, 0.2) is 0 Å². The summed E-state index contributed by atoms with van der Waals surface area (Å²) in [6.07, 6.45) is 0. The molecular weight excluding hydrogens is 379 g/mol. The molecule has 5 rings (SSSR count). The molecule has 0 aliphatic heterocycles. The van der Waals surface area contributed by atoms with Crippen LogP contribution in [0.2, 0.25) is 0 Å². The van der Waals surface area contributed by atoms with Crippen LogP contribution in [0.5, 0.6) is 0 Å². The molecule has 30 heavy (non-hydrogen) atoms. The molecular formula is C29H23P. The zero-order chi connectivity index (χ0) is 20.2. The molecule has 0 amide bonds. The van der Waals surface area contributed by atoms with Crippen molar-refractivity contribution >= 4 is 39.4 Å². The minimum absolute atomic E-state index is 1.26.